The van der Waals surface area contributed by atoms with Crippen molar-refractivity contribution in [2.45, 2.75) is 0 Å². The van der Waals surface area contributed by atoms with Gasteiger partial charge in [-0.05, 0) is 18.2 Å². The van der Waals surface area contributed by atoms with Crippen LogP contribution in [0, 0.1) is 0 Å². The summed E-state index contributed by atoms with van der Waals surface area (Å²) in [6, 6.07) is 7.38. The van der Waals surface area contributed by atoms with E-state index in [2.05, 4.69) is 15.0 Å². The first-order chi connectivity index (χ1) is 10.3. The van der Waals surface area contributed by atoms with Crippen LogP contribution in [0.3, 0.4) is 0 Å². The fourth-order valence-corrected chi connectivity index (χ4v) is 2.19. The molecule has 0 fully saturated rings. The molecule has 3 aromatic rings. The molecule has 1 N–H and O–H groups in total. The molecule has 0 radical (unpaired) electrons. The van der Waals surface area contributed by atoms with E-state index in [4.69, 9.17) is 14.2 Å². The number of aromatic nitrogens is 3. The fourth-order valence-electron chi connectivity index (χ4n) is 2.19. The Hall–Kier alpha value is -2.76. The molecule has 6 heteroatoms. The zero-order valence-corrected chi connectivity index (χ0v) is 12.0. The summed E-state index contributed by atoms with van der Waals surface area (Å²) in [5.41, 5.74) is 2.31. The summed E-state index contributed by atoms with van der Waals surface area (Å²) in [5, 5.41) is 0. The van der Waals surface area contributed by atoms with Gasteiger partial charge in [0, 0.05) is 12.3 Å². The Morgan fingerprint density at radius 1 is 0.952 bits per heavy atom. The maximum atomic E-state index is 5.42. The minimum Gasteiger partial charge on any atom is -0.496 e. The van der Waals surface area contributed by atoms with Gasteiger partial charge < -0.3 is 19.2 Å². The number of imidazole rings is 1. The molecule has 0 aliphatic rings. The van der Waals surface area contributed by atoms with Gasteiger partial charge in [0.1, 0.15) is 11.6 Å². The van der Waals surface area contributed by atoms with Crippen LogP contribution in [0.5, 0.6) is 17.2 Å². The van der Waals surface area contributed by atoms with E-state index >= 15 is 0 Å². The van der Waals surface area contributed by atoms with Crippen molar-refractivity contribution in [2.75, 3.05) is 21.3 Å². The Morgan fingerprint density at radius 3 is 2.33 bits per heavy atom. The Balaban J connectivity index is 2.20. The topological polar surface area (TPSA) is 69.3 Å². The summed E-state index contributed by atoms with van der Waals surface area (Å²) in [7, 11) is 4.78. The second kappa shape index (κ2) is 5.32. The molecule has 2 aromatic heterocycles. The number of benzene rings is 1. The van der Waals surface area contributed by atoms with Crippen molar-refractivity contribution in [2.24, 2.45) is 0 Å². The van der Waals surface area contributed by atoms with Gasteiger partial charge in [0.05, 0.1) is 32.4 Å². The van der Waals surface area contributed by atoms with Gasteiger partial charge in [-0.25, -0.2) is 9.97 Å². The zero-order valence-electron chi connectivity index (χ0n) is 12.0. The van der Waals surface area contributed by atoms with Crippen molar-refractivity contribution in [3.05, 3.63) is 30.5 Å². The molecule has 0 bridgehead atoms. The summed E-state index contributed by atoms with van der Waals surface area (Å²) in [6.45, 7) is 0. The molecule has 0 amide bonds. The molecule has 0 unspecified atom stereocenters. The van der Waals surface area contributed by atoms with Gasteiger partial charge in [0.25, 0.3) is 0 Å². The second-order valence-electron chi connectivity index (χ2n) is 4.37. The quantitative estimate of drug-likeness (QED) is 0.798. The molecule has 0 aliphatic carbocycles. The van der Waals surface area contributed by atoms with E-state index in [1.807, 2.05) is 18.2 Å². The maximum Gasteiger partial charge on any atom is 0.178 e. The van der Waals surface area contributed by atoms with Crippen molar-refractivity contribution >= 4 is 11.2 Å². The first-order valence-corrected chi connectivity index (χ1v) is 6.38. The Morgan fingerprint density at radius 2 is 1.67 bits per heavy atom. The zero-order chi connectivity index (χ0) is 14.8. The van der Waals surface area contributed by atoms with Gasteiger partial charge in [-0.2, -0.15) is 0 Å². The molecular weight excluding hydrogens is 270 g/mol. The van der Waals surface area contributed by atoms with Gasteiger partial charge in [-0.1, -0.05) is 0 Å². The number of nitrogens with zero attached hydrogens (tertiary/aromatic N) is 2. The van der Waals surface area contributed by atoms with Crippen LogP contribution in [0.4, 0.5) is 0 Å². The normalized spacial score (nSPS) is 10.6. The monoisotopic (exact) mass is 285 g/mol. The lowest BCUT2D eigenvalue weighted by Gasteiger charge is -2.12. The van der Waals surface area contributed by atoms with Crippen LogP contribution in [0.1, 0.15) is 0 Å². The van der Waals surface area contributed by atoms with Crippen LogP contribution < -0.4 is 14.2 Å². The average molecular weight is 285 g/mol. The van der Waals surface area contributed by atoms with Gasteiger partial charge >= 0.3 is 0 Å². The van der Waals surface area contributed by atoms with Crippen molar-refractivity contribution < 1.29 is 14.2 Å². The van der Waals surface area contributed by atoms with E-state index in [-0.39, 0.29) is 0 Å². The third-order valence-electron chi connectivity index (χ3n) is 3.22. The van der Waals surface area contributed by atoms with Crippen molar-refractivity contribution in [1.82, 2.24) is 15.0 Å². The van der Waals surface area contributed by atoms with E-state index in [1.54, 1.807) is 33.6 Å². The van der Waals surface area contributed by atoms with Crippen molar-refractivity contribution in [3.63, 3.8) is 0 Å². The number of hydrogen-bond acceptors (Lipinski definition) is 5. The lowest BCUT2D eigenvalue weighted by Crippen LogP contribution is -1.95. The number of methoxy groups -OCH3 is 3. The lowest BCUT2D eigenvalue weighted by molar-refractivity contribution is 0.349. The first kappa shape index (κ1) is 13.2. The van der Waals surface area contributed by atoms with Gasteiger partial charge in [0.2, 0.25) is 0 Å². The van der Waals surface area contributed by atoms with E-state index in [0.717, 1.165) is 11.1 Å². The SMILES string of the molecule is COc1cc(OC)c(-c2nc3ncccc3[nH]2)cc1OC. The van der Waals surface area contributed by atoms with Crippen molar-refractivity contribution in [3.8, 4) is 28.6 Å². The summed E-state index contributed by atoms with van der Waals surface area (Å²) in [6.07, 6.45) is 1.71. The minimum atomic E-state index is 0.604. The highest BCUT2D eigenvalue weighted by atomic mass is 16.5. The lowest BCUT2D eigenvalue weighted by atomic mass is 10.1. The average Bonchev–Trinajstić information content (AvgIpc) is 2.97. The number of ether oxygens (including phenoxy) is 3. The highest BCUT2D eigenvalue weighted by Crippen LogP contribution is 2.39. The highest BCUT2D eigenvalue weighted by Gasteiger charge is 2.16. The molecule has 21 heavy (non-hydrogen) atoms. The molecule has 6 nitrogen and oxygen atoms in total. The van der Waals surface area contributed by atoms with Crippen LogP contribution in [0.15, 0.2) is 30.5 Å². The van der Waals surface area contributed by atoms with Crippen LogP contribution in [-0.2, 0) is 0 Å². The predicted molar refractivity (Wildman–Crippen MR) is 79.0 cm³/mol. The number of nitrogens with one attached hydrogen (secondary N) is 1. The summed E-state index contributed by atoms with van der Waals surface area (Å²) in [4.78, 5) is 11.9. The summed E-state index contributed by atoms with van der Waals surface area (Å²) in [5.74, 6) is 2.53. The Kier molecular flexibility index (Phi) is 3.35. The molecule has 0 saturated carbocycles. The number of fused-ring (bicyclic) bond motifs is 1. The number of H-pyrrole nitrogens is 1. The third kappa shape index (κ3) is 2.24. The number of aromatic amines is 1. The molecule has 108 valence electrons. The van der Waals surface area contributed by atoms with Gasteiger partial charge in [-0.3, -0.25) is 0 Å². The predicted octanol–water partition coefficient (Wildman–Crippen LogP) is 2.65. The molecule has 0 spiro atoms. The summed E-state index contributed by atoms with van der Waals surface area (Å²) >= 11 is 0. The van der Waals surface area contributed by atoms with Crippen molar-refractivity contribution in [1.29, 1.82) is 0 Å². The standard InChI is InChI=1S/C15H15N3O3/c1-19-11-8-13(21-3)12(20-2)7-9(11)14-17-10-5-4-6-16-15(10)18-14/h4-8H,1-3H3,(H,16,17,18). The van der Waals surface area contributed by atoms with E-state index in [9.17, 15) is 0 Å². The maximum absolute atomic E-state index is 5.42. The Bertz CT molecular complexity index is 750. The van der Waals surface area contributed by atoms with E-state index in [1.165, 1.54) is 0 Å². The molecule has 3 rings (SSSR count). The molecule has 2 heterocycles. The number of hydrogen-bond donors (Lipinski definition) is 1. The summed E-state index contributed by atoms with van der Waals surface area (Å²) < 4.78 is 16.0. The Labute approximate surface area is 121 Å². The molecule has 0 aliphatic heterocycles. The fraction of sp³-hybridized carbons (Fsp3) is 0.200. The largest absolute Gasteiger partial charge is 0.496 e. The molecule has 1 aromatic carbocycles. The van der Waals surface area contributed by atoms with Crippen LogP contribution in [0.2, 0.25) is 0 Å². The van der Waals surface area contributed by atoms with Crippen LogP contribution in [0.25, 0.3) is 22.6 Å². The second-order valence-corrected chi connectivity index (χ2v) is 4.37. The molecule has 0 saturated heterocycles. The molecule has 0 atom stereocenters. The van der Waals surface area contributed by atoms with Crippen LogP contribution in [-0.4, -0.2) is 36.3 Å². The highest BCUT2D eigenvalue weighted by molar-refractivity contribution is 5.78. The van der Waals surface area contributed by atoms with Gasteiger partial charge in [0.15, 0.2) is 17.1 Å². The minimum absolute atomic E-state index is 0.604. The number of pyridine rings is 1. The first-order valence-electron chi connectivity index (χ1n) is 6.38. The van der Waals surface area contributed by atoms with Crippen LogP contribution >= 0.6 is 0 Å². The van der Waals surface area contributed by atoms with Gasteiger partial charge in [-0.15, -0.1) is 0 Å². The molecular formula is C15H15N3O3. The third-order valence-corrected chi connectivity index (χ3v) is 3.22. The van der Waals surface area contributed by atoms with E-state index in [0.29, 0.717) is 28.7 Å². The number of rotatable bonds is 4. The van der Waals surface area contributed by atoms with E-state index < -0.39 is 0 Å². The smallest absolute Gasteiger partial charge is 0.178 e.